The minimum Gasteiger partial charge on any atom is -0.501 e. The zero-order valence-electron chi connectivity index (χ0n) is 14.1. The molecule has 2 N–H and O–H groups in total. The molecule has 3 aliphatic rings. The third-order valence-electron chi connectivity index (χ3n) is 5.45. The molecule has 0 spiro atoms. The van der Waals surface area contributed by atoms with Crippen LogP contribution in [0.1, 0.15) is 57.8 Å². The topological polar surface area (TPSA) is 61.8 Å². The van der Waals surface area contributed by atoms with E-state index in [9.17, 15) is 9.90 Å². The van der Waals surface area contributed by atoms with Gasteiger partial charge in [-0.15, -0.1) is 0 Å². The smallest absolute Gasteiger partial charge is 0.250 e. The van der Waals surface area contributed by atoms with Crippen LogP contribution in [0.3, 0.4) is 0 Å². The molecule has 1 saturated heterocycles. The molecule has 5 nitrogen and oxygen atoms in total. The standard InChI is InChI=1S/C18H30N2O3/c21-17(15-5-4-12-23-13-15)19-16-6-10-20(11-7-16)14-18(22)8-2-1-3-9-18/h13,16,22H,1-12,14H2,(H,19,21). The fourth-order valence-corrected chi connectivity index (χ4v) is 4.03. The Bertz CT molecular complexity index is 436. The molecule has 0 unspecified atom stereocenters. The number of hydrogen-bond acceptors (Lipinski definition) is 4. The Morgan fingerprint density at radius 1 is 1.26 bits per heavy atom. The average molecular weight is 322 g/mol. The van der Waals surface area contributed by atoms with E-state index < -0.39 is 5.60 Å². The third kappa shape index (κ3) is 4.70. The fourth-order valence-electron chi connectivity index (χ4n) is 4.03. The van der Waals surface area contributed by atoms with E-state index in [4.69, 9.17) is 4.74 Å². The van der Waals surface area contributed by atoms with Crippen molar-refractivity contribution in [1.82, 2.24) is 10.2 Å². The molecule has 130 valence electrons. The first-order valence-electron chi connectivity index (χ1n) is 9.21. The first-order chi connectivity index (χ1) is 11.1. The van der Waals surface area contributed by atoms with Crippen LogP contribution >= 0.6 is 0 Å². The van der Waals surface area contributed by atoms with Gasteiger partial charge in [0.2, 0.25) is 0 Å². The van der Waals surface area contributed by atoms with Gasteiger partial charge in [-0.05, 0) is 38.5 Å². The number of ether oxygens (including phenoxy) is 1. The molecule has 0 aromatic carbocycles. The highest BCUT2D eigenvalue weighted by atomic mass is 16.5. The number of likely N-dealkylation sites (tertiary alicyclic amines) is 1. The lowest BCUT2D eigenvalue weighted by molar-refractivity contribution is -0.119. The molecule has 0 bridgehead atoms. The summed E-state index contributed by atoms with van der Waals surface area (Å²) in [4.78, 5) is 14.6. The number of aliphatic hydroxyl groups is 1. The number of piperidine rings is 1. The van der Waals surface area contributed by atoms with E-state index in [1.807, 2.05) is 0 Å². The number of carbonyl (C=O) groups excluding carboxylic acids is 1. The number of nitrogens with zero attached hydrogens (tertiary/aromatic N) is 1. The Labute approximate surface area is 139 Å². The van der Waals surface area contributed by atoms with E-state index in [1.165, 1.54) is 6.42 Å². The van der Waals surface area contributed by atoms with E-state index in [2.05, 4.69) is 10.2 Å². The summed E-state index contributed by atoms with van der Waals surface area (Å²) in [5.41, 5.74) is 0.300. The molecule has 0 atom stereocenters. The van der Waals surface area contributed by atoms with Crippen molar-refractivity contribution in [3.8, 4) is 0 Å². The SMILES string of the molecule is O=C(NC1CCN(CC2(O)CCCCC2)CC1)C1=COCCC1. The molecule has 3 rings (SSSR count). The van der Waals surface area contributed by atoms with Gasteiger partial charge in [-0.1, -0.05) is 19.3 Å². The van der Waals surface area contributed by atoms with Crippen molar-refractivity contribution in [2.45, 2.75) is 69.4 Å². The van der Waals surface area contributed by atoms with Crippen LogP contribution < -0.4 is 5.32 Å². The van der Waals surface area contributed by atoms with Crippen LogP contribution in [0.15, 0.2) is 11.8 Å². The summed E-state index contributed by atoms with van der Waals surface area (Å²) in [6.45, 7) is 3.44. The lowest BCUT2D eigenvalue weighted by Gasteiger charge is -2.40. The lowest BCUT2D eigenvalue weighted by Crippen LogP contribution is -2.50. The van der Waals surface area contributed by atoms with Gasteiger partial charge in [-0.25, -0.2) is 0 Å². The summed E-state index contributed by atoms with van der Waals surface area (Å²) in [5, 5.41) is 13.8. The molecule has 0 aromatic heterocycles. The molecule has 0 aromatic rings. The van der Waals surface area contributed by atoms with Crippen LogP contribution in [0.5, 0.6) is 0 Å². The van der Waals surface area contributed by atoms with Gasteiger partial charge >= 0.3 is 0 Å². The zero-order chi connectivity index (χ0) is 16.1. The van der Waals surface area contributed by atoms with Gasteiger partial charge < -0.3 is 20.1 Å². The molecule has 0 radical (unpaired) electrons. The summed E-state index contributed by atoms with van der Waals surface area (Å²) in [6.07, 6.45) is 10.7. The highest BCUT2D eigenvalue weighted by Crippen LogP contribution is 2.29. The summed E-state index contributed by atoms with van der Waals surface area (Å²) < 4.78 is 5.25. The van der Waals surface area contributed by atoms with E-state index in [0.717, 1.165) is 83.2 Å². The van der Waals surface area contributed by atoms with Gasteiger partial charge in [0.25, 0.3) is 5.91 Å². The summed E-state index contributed by atoms with van der Waals surface area (Å²) >= 11 is 0. The van der Waals surface area contributed by atoms with Gasteiger partial charge in [-0.3, -0.25) is 4.79 Å². The molecule has 1 aliphatic carbocycles. The Balaban J connectivity index is 1.41. The van der Waals surface area contributed by atoms with Crippen LogP contribution in [0.25, 0.3) is 0 Å². The van der Waals surface area contributed by atoms with Gasteiger partial charge in [0.1, 0.15) is 0 Å². The molecule has 5 heteroatoms. The van der Waals surface area contributed by atoms with Gasteiger partial charge in [0.15, 0.2) is 0 Å². The molecule has 2 aliphatic heterocycles. The summed E-state index contributed by atoms with van der Waals surface area (Å²) in [7, 11) is 0. The molecule has 23 heavy (non-hydrogen) atoms. The van der Waals surface area contributed by atoms with Gasteiger partial charge in [0.05, 0.1) is 24.0 Å². The van der Waals surface area contributed by atoms with Gasteiger partial charge in [-0.2, -0.15) is 0 Å². The average Bonchev–Trinajstić information content (AvgIpc) is 2.58. The van der Waals surface area contributed by atoms with Crippen molar-refractivity contribution in [3.63, 3.8) is 0 Å². The van der Waals surface area contributed by atoms with Crippen LogP contribution in [0.4, 0.5) is 0 Å². The zero-order valence-corrected chi connectivity index (χ0v) is 14.1. The van der Waals surface area contributed by atoms with E-state index in [0.29, 0.717) is 0 Å². The molecule has 1 saturated carbocycles. The monoisotopic (exact) mass is 322 g/mol. The molecular weight excluding hydrogens is 292 g/mol. The maximum absolute atomic E-state index is 12.2. The van der Waals surface area contributed by atoms with Crippen molar-refractivity contribution in [2.75, 3.05) is 26.2 Å². The van der Waals surface area contributed by atoms with Crippen molar-refractivity contribution >= 4 is 5.91 Å². The normalized spacial score (nSPS) is 26.2. The van der Waals surface area contributed by atoms with Crippen molar-refractivity contribution in [2.24, 2.45) is 0 Å². The number of amides is 1. The van der Waals surface area contributed by atoms with Crippen LogP contribution in [0.2, 0.25) is 0 Å². The van der Waals surface area contributed by atoms with E-state index >= 15 is 0 Å². The highest BCUT2D eigenvalue weighted by Gasteiger charge is 2.33. The minimum atomic E-state index is -0.474. The second kappa shape index (κ2) is 7.67. The summed E-state index contributed by atoms with van der Waals surface area (Å²) in [6, 6.07) is 0.252. The van der Waals surface area contributed by atoms with Crippen molar-refractivity contribution in [1.29, 1.82) is 0 Å². The molecule has 1 amide bonds. The second-order valence-electron chi connectivity index (χ2n) is 7.43. The Morgan fingerprint density at radius 3 is 2.65 bits per heavy atom. The molecular formula is C18H30N2O3. The van der Waals surface area contributed by atoms with E-state index in [-0.39, 0.29) is 11.9 Å². The van der Waals surface area contributed by atoms with E-state index in [1.54, 1.807) is 6.26 Å². The predicted octanol–water partition coefficient (Wildman–Crippen LogP) is 1.96. The predicted molar refractivity (Wildman–Crippen MR) is 88.9 cm³/mol. The largest absolute Gasteiger partial charge is 0.501 e. The number of β-amino-alcohol motifs (C(OH)–C–C–N with tert-alkyl or cyclic N) is 1. The number of carbonyl (C=O) groups is 1. The Kier molecular flexibility index (Phi) is 5.59. The summed E-state index contributed by atoms with van der Waals surface area (Å²) in [5.74, 6) is 0.0362. The third-order valence-corrected chi connectivity index (χ3v) is 5.45. The number of nitrogens with one attached hydrogen (secondary N) is 1. The maximum Gasteiger partial charge on any atom is 0.250 e. The first-order valence-corrected chi connectivity index (χ1v) is 9.21. The van der Waals surface area contributed by atoms with Crippen LogP contribution in [-0.4, -0.2) is 53.8 Å². The van der Waals surface area contributed by atoms with Crippen molar-refractivity contribution in [3.05, 3.63) is 11.8 Å². The quantitative estimate of drug-likeness (QED) is 0.830. The number of hydrogen-bond donors (Lipinski definition) is 2. The Hall–Kier alpha value is -1.07. The van der Waals surface area contributed by atoms with Crippen LogP contribution in [-0.2, 0) is 9.53 Å². The van der Waals surface area contributed by atoms with Crippen LogP contribution in [0, 0.1) is 0 Å². The highest BCUT2D eigenvalue weighted by molar-refractivity contribution is 5.93. The fraction of sp³-hybridized carbons (Fsp3) is 0.833. The number of rotatable bonds is 4. The molecule has 2 fully saturated rings. The first kappa shape index (κ1) is 16.8. The lowest BCUT2D eigenvalue weighted by atomic mass is 9.84. The van der Waals surface area contributed by atoms with Gasteiger partial charge in [0, 0.05) is 25.7 Å². The Morgan fingerprint density at radius 2 is 2.00 bits per heavy atom. The molecule has 2 heterocycles. The minimum absolute atomic E-state index is 0.0362. The second-order valence-corrected chi connectivity index (χ2v) is 7.43. The van der Waals surface area contributed by atoms with Crippen molar-refractivity contribution < 1.29 is 14.6 Å². The maximum atomic E-state index is 12.2.